The number of pyridine rings is 2. The van der Waals surface area contributed by atoms with Gasteiger partial charge in [0.15, 0.2) is 0 Å². The molecule has 4 aromatic rings. The Morgan fingerprint density at radius 3 is 2.69 bits per heavy atom. The lowest BCUT2D eigenvalue weighted by atomic mass is 9.80. The van der Waals surface area contributed by atoms with Crippen molar-refractivity contribution in [3.05, 3.63) is 90.3 Å². The van der Waals surface area contributed by atoms with Gasteiger partial charge in [0.2, 0.25) is 0 Å². The van der Waals surface area contributed by atoms with Gasteiger partial charge >= 0.3 is 0 Å². The van der Waals surface area contributed by atoms with Crippen LogP contribution in [0.5, 0.6) is 5.75 Å². The lowest BCUT2D eigenvalue weighted by molar-refractivity contribution is -0.0195. The van der Waals surface area contributed by atoms with E-state index in [4.69, 9.17) is 9.72 Å². The highest BCUT2D eigenvalue weighted by molar-refractivity contribution is 6.07. The molecule has 6 rings (SSSR count). The van der Waals surface area contributed by atoms with Crippen molar-refractivity contribution in [3.63, 3.8) is 0 Å². The summed E-state index contributed by atoms with van der Waals surface area (Å²) in [6.45, 7) is 1.98. The molecule has 1 spiro atoms. The fourth-order valence-electron chi connectivity index (χ4n) is 5.34. The summed E-state index contributed by atoms with van der Waals surface area (Å²) in [5.74, 6) is 0.780. The highest BCUT2D eigenvalue weighted by Crippen LogP contribution is 2.44. The van der Waals surface area contributed by atoms with E-state index in [9.17, 15) is 4.79 Å². The second-order valence-corrected chi connectivity index (χ2v) is 9.67. The number of ether oxygens (including phenoxy) is 1. The van der Waals surface area contributed by atoms with Gasteiger partial charge in [-0.25, -0.2) is 4.98 Å². The lowest BCUT2D eigenvalue weighted by Crippen LogP contribution is -2.51. The van der Waals surface area contributed by atoms with E-state index < -0.39 is 0 Å². The Hall–Kier alpha value is -3.77. The number of likely N-dealkylation sites (tertiary alicyclic amines) is 1. The molecule has 0 bridgehead atoms. The number of nitrogens with zero attached hydrogens (tertiary/aromatic N) is 3. The van der Waals surface area contributed by atoms with Crippen molar-refractivity contribution >= 4 is 16.8 Å². The standard InChI is InChI=1S/C29H28N4O2/c1-33-15-12-29(13-16-33)18-26(22-9-3-5-11-27(22)35-29)32-28(34)23-17-25(20-7-6-14-30-19-20)31-24-10-4-2-8-21(23)24/h2-11,14,17,19,26H,12-13,15-16,18H2,1H3,(H,32,34). The summed E-state index contributed by atoms with van der Waals surface area (Å²) < 4.78 is 6.58. The number of hydrogen-bond donors (Lipinski definition) is 1. The largest absolute Gasteiger partial charge is 0.487 e. The fourth-order valence-corrected chi connectivity index (χ4v) is 5.34. The third kappa shape index (κ3) is 4.15. The number of para-hydroxylation sites is 2. The zero-order chi connectivity index (χ0) is 23.8. The summed E-state index contributed by atoms with van der Waals surface area (Å²) >= 11 is 0. The summed E-state index contributed by atoms with van der Waals surface area (Å²) in [5.41, 5.74) is 3.82. The minimum absolute atomic E-state index is 0.0986. The van der Waals surface area contributed by atoms with Crippen molar-refractivity contribution in [3.8, 4) is 17.0 Å². The van der Waals surface area contributed by atoms with Gasteiger partial charge < -0.3 is 15.0 Å². The zero-order valence-corrected chi connectivity index (χ0v) is 19.8. The van der Waals surface area contributed by atoms with Crippen molar-refractivity contribution in [2.24, 2.45) is 0 Å². The Kier molecular flexibility index (Phi) is 5.46. The van der Waals surface area contributed by atoms with Gasteiger partial charge in [0.05, 0.1) is 22.8 Å². The van der Waals surface area contributed by atoms with E-state index in [1.807, 2.05) is 60.7 Å². The summed E-state index contributed by atoms with van der Waals surface area (Å²) in [4.78, 5) is 25.2. The Labute approximate surface area is 205 Å². The number of nitrogens with one attached hydrogen (secondary N) is 1. The first kappa shape index (κ1) is 21.7. The number of hydrogen-bond acceptors (Lipinski definition) is 5. The first-order valence-electron chi connectivity index (χ1n) is 12.2. The molecule has 6 nitrogen and oxygen atoms in total. The molecular weight excluding hydrogens is 436 g/mol. The van der Waals surface area contributed by atoms with Crippen LogP contribution in [0.25, 0.3) is 22.2 Å². The highest BCUT2D eigenvalue weighted by atomic mass is 16.5. The monoisotopic (exact) mass is 464 g/mol. The lowest BCUT2D eigenvalue weighted by Gasteiger charge is -2.46. The van der Waals surface area contributed by atoms with Crippen LogP contribution in [0.4, 0.5) is 0 Å². The van der Waals surface area contributed by atoms with Crippen LogP contribution in [-0.2, 0) is 0 Å². The van der Waals surface area contributed by atoms with Crippen LogP contribution in [0.2, 0.25) is 0 Å². The van der Waals surface area contributed by atoms with E-state index in [0.717, 1.165) is 65.8 Å². The molecule has 35 heavy (non-hydrogen) atoms. The molecule has 1 unspecified atom stereocenters. The molecule has 0 saturated carbocycles. The number of fused-ring (bicyclic) bond motifs is 2. The number of piperidine rings is 1. The second kappa shape index (κ2) is 8.78. The SMILES string of the molecule is CN1CCC2(CC1)CC(NC(=O)c1cc(-c3cccnc3)nc3ccccc13)c1ccccc1O2. The van der Waals surface area contributed by atoms with Crippen LogP contribution in [0.3, 0.4) is 0 Å². The minimum atomic E-state index is -0.250. The van der Waals surface area contributed by atoms with Crippen molar-refractivity contribution in [2.45, 2.75) is 30.9 Å². The molecule has 1 amide bonds. The number of benzene rings is 2. The number of carbonyl (C=O) groups is 1. The zero-order valence-electron chi connectivity index (χ0n) is 19.8. The molecule has 1 N–H and O–H groups in total. The molecule has 4 heterocycles. The van der Waals surface area contributed by atoms with Gasteiger partial charge in [-0.15, -0.1) is 0 Å². The van der Waals surface area contributed by atoms with Crippen molar-refractivity contribution in [1.29, 1.82) is 0 Å². The predicted octanol–water partition coefficient (Wildman–Crippen LogP) is 5.01. The molecule has 1 saturated heterocycles. The predicted molar refractivity (Wildman–Crippen MR) is 136 cm³/mol. The summed E-state index contributed by atoms with van der Waals surface area (Å²) in [6, 6.07) is 21.5. The Balaban J connectivity index is 1.37. The summed E-state index contributed by atoms with van der Waals surface area (Å²) in [7, 11) is 2.15. The van der Waals surface area contributed by atoms with Crippen molar-refractivity contribution < 1.29 is 9.53 Å². The van der Waals surface area contributed by atoms with E-state index in [2.05, 4.69) is 28.3 Å². The van der Waals surface area contributed by atoms with Gasteiger partial charge in [-0.2, -0.15) is 0 Å². The molecule has 1 atom stereocenters. The molecule has 0 aliphatic carbocycles. The quantitative estimate of drug-likeness (QED) is 0.461. The van der Waals surface area contributed by atoms with E-state index in [1.54, 1.807) is 12.4 Å². The Bertz CT molecular complexity index is 1380. The van der Waals surface area contributed by atoms with Crippen molar-refractivity contribution in [2.75, 3.05) is 20.1 Å². The van der Waals surface area contributed by atoms with Crippen LogP contribution >= 0.6 is 0 Å². The number of amides is 1. The molecule has 6 heteroatoms. The van der Waals surface area contributed by atoms with E-state index in [0.29, 0.717) is 5.56 Å². The first-order valence-corrected chi connectivity index (χ1v) is 12.2. The smallest absolute Gasteiger partial charge is 0.252 e. The van der Waals surface area contributed by atoms with Gasteiger partial charge in [-0.1, -0.05) is 36.4 Å². The topological polar surface area (TPSA) is 67.4 Å². The second-order valence-electron chi connectivity index (χ2n) is 9.67. The average molecular weight is 465 g/mol. The van der Waals surface area contributed by atoms with Gasteiger partial charge in [0.25, 0.3) is 5.91 Å². The van der Waals surface area contributed by atoms with Crippen LogP contribution < -0.4 is 10.1 Å². The molecule has 2 aliphatic rings. The van der Waals surface area contributed by atoms with Gasteiger partial charge in [0.1, 0.15) is 11.4 Å². The number of carbonyl (C=O) groups excluding carboxylic acids is 1. The normalized spacial score (nSPS) is 19.2. The van der Waals surface area contributed by atoms with E-state index in [-0.39, 0.29) is 17.6 Å². The maximum absolute atomic E-state index is 13.8. The first-order chi connectivity index (χ1) is 17.1. The van der Waals surface area contributed by atoms with Crippen LogP contribution in [0, 0.1) is 0 Å². The van der Waals surface area contributed by atoms with Gasteiger partial charge in [-0.3, -0.25) is 9.78 Å². The third-order valence-electron chi connectivity index (χ3n) is 7.32. The maximum atomic E-state index is 13.8. The van der Waals surface area contributed by atoms with Crippen molar-refractivity contribution in [1.82, 2.24) is 20.2 Å². The highest BCUT2D eigenvalue weighted by Gasteiger charge is 2.43. The molecule has 2 aliphatic heterocycles. The van der Waals surface area contributed by atoms with Crippen LogP contribution in [-0.4, -0.2) is 46.5 Å². The molecular formula is C29H28N4O2. The van der Waals surface area contributed by atoms with Gasteiger partial charge in [0, 0.05) is 48.4 Å². The van der Waals surface area contributed by atoms with Crippen LogP contribution in [0.1, 0.15) is 41.2 Å². The molecule has 2 aromatic heterocycles. The molecule has 1 fully saturated rings. The molecule has 2 aromatic carbocycles. The average Bonchev–Trinajstić information content (AvgIpc) is 2.90. The number of rotatable bonds is 3. The molecule has 0 radical (unpaired) electrons. The summed E-state index contributed by atoms with van der Waals surface area (Å²) in [6.07, 6.45) is 6.18. The number of aromatic nitrogens is 2. The Morgan fingerprint density at radius 1 is 1.06 bits per heavy atom. The van der Waals surface area contributed by atoms with Gasteiger partial charge in [-0.05, 0) is 50.2 Å². The van der Waals surface area contributed by atoms with Crippen LogP contribution in [0.15, 0.2) is 79.1 Å². The molecule has 176 valence electrons. The minimum Gasteiger partial charge on any atom is -0.487 e. The maximum Gasteiger partial charge on any atom is 0.252 e. The third-order valence-corrected chi connectivity index (χ3v) is 7.32. The van der Waals surface area contributed by atoms with E-state index >= 15 is 0 Å². The van der Waals surface area contributed by atoms with E-state index in [1.165, 1.54) is 0 Å². The summed E-state index contributed by atoms with van der Waals surface area (Å²) in [5, 5.41) is 4.21. The fraction of sp³-hybridized carbons (Fsp3) is 0.276. The Morgan fingerprint density at radius 2 is 1.86 bits per heavy atom.